The van der Waals surface area contributed by atoms with Gasteiger partial charge in [0.15, 0.2) is 0 Å². The van der Waals surface area contributed by atoms with Crippen LogP contribution in [0.4, 0.5) is 5.69 Å². The molecule has 0 radical (unpaired) electrons. The van der Waals surface area contributed by atoms with Gasteiger partial charge in [0.2, 0.25) is 10.0 Å². The summed E-state index contributed by atoms with van der Waals surface area (Å²) in [5.41, 5.74) is 1.14. The Kier molecular flexibility index (Phi) is 4.75. The summed E-state index contributed by atoms with van der Waals surface area (Å²) in [5, 5.41) is 1.78. The third kappa shape index (κ3) is 3.66. The van der Waals surface area contributed by atoms with E-state index in [9.17, 15) is 8.42 Å². The van der Waals surface area contributed by atoms with Crippen molar-refractivity contribution >= 4 is 27.0 Å². The highest BCUT2D eigenvalue weighted by Gasteiger charge is 2.22. The van der Waals surface area contributed by atoms with Gasteiger partial charge < -0.3 is 4.90 Å². The van der Waals surface area contributed by atoms with Gasteiger partial charge in [0, 0.05) is 25.8 Å². The smallest absolute Gasteiger partial charge is 0.250 e. The lowest BCUT2D eigenvalue weighted by atomic mass is 9.97. The Labute approximate surface area is 135 Å². The van der Waals surface area contributed by atoms with Gasteiger partial charge in [-0.05, 0) is 42.3 Å². The maximum Gasteiger partial charge on any atom is 0.250 e. The summed E-state index contributed by atoms with van der Waals surface area (Å²) in [5.74, 6) is 0.391. The normalized spacial score (nSPS) is 16.8. The number of rotatable bonds is 5. The number of piperidine rings is 1. The van der Waals surface area contributed by atoms with Crippen LogP contribution in [0, 0.1) is 5.92 Å². The van der Waals surface area contributed by atoms with Crippen LogP contribution in [-0.2, 0) is 10.0 Å². The van der Waals surface area contributed by atoms with Crippen LogP contribution >= 0.6 is 11.3 Å². The minimum Gasteiger partial charge on any atom is -0.370 e. The van der Waals surface area contributed by atoms with Crippen molar-refractivity contribution in [2.75, 3.05) is 24.5 Å². The molecule has 0 bridgehead atoms. The molecule has 0 aliphatic carbocycles. The van der Waals surface area contributed by atoms with Crippen LogP contribution in [0.1, 0.15) is 12.8 Å². The average molecular weight is 337 g/mol. The summed E-state index contributed by atoms with van der Waals surface area (Å²) < 4.78 is 27.3. The van der Waals surface area contributed by atoms with Crippen molar-refractivity contribution in [3.05, 3.63) is 42.0 Å². The number of nitrogens with one attached hydrogen (secondary N) is 1. The highest BCUT2D eigenvalue weighted by Crippen LogP contribution is 2.23. The van der Waals surface area contributed by atoms with Crippen molar-refractivity contribution in [1.82, 2.24) is 9.71 Å². The van der Waals surface area contributed by atoms with E-state index in [1.165, 1.54) is 11.3 Å². The third-order valence-electron chi connectivity index (χ3n) is 3.95. The summed E-state index contributed by atoms with van der Waals surface area (Å²) >= 11 is 1.25. The molecule has 0 atom stereocenters. The molecule has 0 unspecified atom stereocenters. The average Bonchev–Trinajstić information content (AvgIpc) is 3.10. The lowest BCUT2D eigenvalue weighted by Crippen LogP contribution is -2.38. The van der Waals surface area contributed by atoms with Crippen molar-refractivity contribution in [3.8, 4) is 0 Å². The number of hydrogen-bond donors (Lipinski definition) is 1. The van der Waals surface area contributed by atoms with Crippen LogP contribution in [0.5, 0.6) is 0 Å². The molecule has 118 valence electrons. The SMILES string of the molecule is O=S(=O)(NCC1CCN(c2cccnc2)CC1)c1cccs1. The maximum absolute atomic E-state index is 12.1. The van der Waals surface area contributed by atoms with E-state index in [4.69, 9.17) is 0 Å². The van der Waals surface area contributed by atoms with E-state index in [-0.39, 0.29) is 0 Å². The minimum atomic E-state index is -3.34. The molecule has 1 N–H and O–H groups in total. The largest absolute Gasteiger partial charge is 0.370 e. The van der Waals surface area contributed by atoms with E-state index in [1.807, 2.05) is 12.3 Å². The Morgan fingerprint density at radius 2 is 2.09 bits per heavy atom. The molecule has 2 aromatic rings. The highest BCUT2D eigenvalue weighted by atomic mass is 32.2. The molecule has 0 saturated carbocycles. The summed E-state index contributed by atoms with van der Waals surface area (Å²) in [6, 6.07) is 7.40. The number of anilines is 1. The second-order valence-corrected chi connectivity index (χ2v) is 8.37. The number of pyridine rings is 1. The number of aromatic nitrogens is 1. The van der Waals surface area contributed by atoms with Crippen molar-refractivity contribution in [2.45, 2.75) is 17.1 Å². The van der Waals surface area contributed by atoms with Gasteiger partial charge in [0.25, 0.3) is 0 Å². The van der Waals surface area contributed by atoms with Gasteiger partial charge in [-0.2, -0.15) is 0 Å². The summed E-state index contributed by atoms with van der Waals surface area (Å²) in [6.07, 6.45) is 5.62. The number of nitrogens with zero attached hydrogens (tertiary/aromatic N) is 2. The molecule has 0 spiro atoms. The first-order valence-corrected chi connectivity index (χ1v) is 9.69. The van der Waals surface area contributed by atoms with Crippen LogP contribution in [0.25, 0.3) is 0 Å². The fourth-order valence-electron chi connectivity index (χ4n) is 2.65. The third-order valence-corrected chi connectivity index (χ3v) is 6.77. The van der Waals surface area contributed by atoms with Gasteiger partial charge in [0.05, 0.1) is 11.9 Å². The van der Waals surface area contributed by atoms with Crippen LogP contribution in [0.3, 0.4) is 0 Å². The second kappa shape index (κ2) is 6.76. The molecule has 0 aromatic carbocycles. The van der Waals surface area contributed by atoms with Gasteiger partial charge in [-0.25, -0.2) is 13.1 Å². The van der Waals surface area contributed by atoms with Crippen LogP contribution in [-0.4, -0.2) is 33.0 Å². The lowest BCUT2D eigenvalue weighted by molar-refractivity contribution is 0.402. The van der Waals surface area contributed by atoms with Gasteiger partial charge in [-0.15, -0.1) is 11.3 Å². The van der Waals surface area contributed by atoms with Gasteiger partial charge in [-0.3, -0.25) is 4.98 Å². The molecule has 3 heterocycles. The molecule has 7 heteroatoms. The molecule has 1 aliphatic heterocycles. The first-order chi connectivity index (χ1) is 10.6. The predicted molar refractivity (Wildman–Crippen MR) is 88.7 cm³/mol. The Balaban J connectivity index is 1.50. The number of thiophene rings is 1. The quantitative estimate of drug-likeness (QED) is 0.910. The molecule has 1 saturated heterocycles. The van der Waals surface area contributed by atoms with Gasteiger partial charge >= 0.3 is 0 Å². The van der Waals surface area contributed by atoms with Crippen LogP contribution in [0.15, 0.2) is 46.2 Å². The summed E-state index contributed by atoms with van der Waals surface area (Å²) in [6.45, 7) is 2.40. The molecular formula is C15H19N3O2S2. The van der Waals surface area contributed by atoms with Crippen LogP contribution in [0.2, 0.25) is 0 Å². The Bertz CT molecular complexity index is 679. The van der Waals surface area contributed by atoms with E-state index in [0.717, 1.165) is 31.6 Å². The first kappa shape index (κ1) is 15.5. The van der Waals surface area contributed by atoms with Crippen molar-refractivity contribution < 1.29 is 8.42 Å². The maximum atomic E-state index is 12.1. The molecule has 1 aliphatic rings. The van der Waals surface area contributed by atoms with Crippen LogP contribution < -0.4 is 9.62 Å². The van der Waals surface area contributed by atoms with E-state index < -0.39 is 10.0 Å². The topological polar surface area (TPSA) is 62.3 Å². The predicted octanol–water partition coefficient (Wildman–Crippen LogP) is 2.34. The van der Waals surface area contributed by atoms with Gasteiger partial charge in [0.1, 0.15) is 4.21 Å². The van der Waals surface area contributed by atoms with E-state index in [1.54, 1.807) is 23.7 Å². The zero-order valence-electron chi connectivity index (χ0n) is 12.2. The Morgan fingerprint density at radius 1 is 1.27 bits per heavy atom. The standard InChI is InChI=1S/C15H19N3O2S2/c19-22(20,15-4-2-10-21-15)17-11-13-5-8-18(9-6-13)14-3-1-7-16-12-14/h1-4,7,10,12-13,17H,5-6,8-9,11H2. The first-order valence-electron chi connectivity index (χ1n) is 7.33. The Morgan fingerprint density at radius 3 is 2.73 bits per heavy atom. The zero-order chi connectivity index (χ0) is 15.4. The minimum absolute atomic E-state index is 0.389. The monoisotopic (exact) mass is 337 g/mol. The zero-order valence-corrected chi connectivity index (χ0v) is 13.8. The molecule has 3 rings (SSSR count). The molecule has 5 nitrogen and oxygen atoms in total. The molecule has 0 amide bonds. The molecule has 22 heavy (non-hydrogen) atoms. The van der Waals surface area contributed by atoms with E-state index >= 15 is 0 Å². The molecule has 2 aromatic heterocycles. The fraction of sp³-hybridized carbons (Fsp3) is 0.400. The van der Waals surface area contributed by atoms with Crippen molar-refractivity contribution in [1.29, 1.82) is 0 Å². The molecule has 1 fully saturated rings. The number of hydrogen-bond acceptors (Lipinski definition) is 5. The van der Waals surface area contributed by atoms with Gasteiger partial charge in [-0.1, -0.05) is 6.07 Å². The lowest BCUT2D eigenvalue weighted by Gasteiger charge is -2.33. The summed E-state index contributed by atoms with van der Waals surface area (Å²) in [7, 11) is -3.34. The Hall–Kier alpha value is -1.44. The summed E-state index contributed by atoms with van der Waals surface area (Å²) in [4.78, 5) is 6.45. The highest BCUT2D eigenvalue weighted by molar-refractivity contribution is 7.91. The molecular weight excluding hydrogens is 318 g/mol. The number of sulfonamides is 1. The van der Waals surface area contributed by atoms with E-state index in [2.05, 4.69) is 20.7 Å². The van der Waals surface area contributed by atoms with Crippen molar-refractivity contribution in [3.63, 3.8) is 0 Å². The van der Waals surface area contributed by atoms with Crippen molar-refractivity contribution in [2.24, 2.45) is 5.92 Å². The fourth-order valence-corrected chi connectivity index (χ4v) is 4.80. The second-order valence-electron chi connectivity index (χ2n) is 5.43. The van der Waals surface area contributed by atoms with E-state index in [0.29, 0.717) is 16.7 Å².